The van der Waals surface area contributed by atoms with Gasteiger partial charge in [0, 0.05) is 12.8 Å². The molecular weight excluding hydrogens is 822 g/mol. The molecule has 0 saturated heterocycles. The number of rotatable bonds is 45. The maximum absolute atomic E-state index is 12.6. The molecule has 368 valence electrons. The number of allylic oxidation sites excluding steroid dienone is 14. The van der Waals surface area contributed by atoms with Crippen molar-refractivity contribution in [3.8, 4) is 0 Å². The van der Waals surface area contributed by atoms with Crippen molar-refractivity contribution in [1.82, 2.24) is 0 Å². The average Bonchev–Trinajstić information content (AvgIpc) is 3.25. The Morgan fingerprint density at radius 3 is 1.33 bits per heavy atom. The number of ether oxygens (including phenoxy) is 2. The predicted molar refractivity (Wildman–Crippen MR) is 268 cm³/mol. The fraction of sp³-hybridized carbons (Fsp3) is 0.704. The standard InChI is InChI=1S/C54H94NO8P/c1-6-8-10-12-13-14-15-16-17-18-19-20-21-22-23-24-25-26-27-28-29-30-31-32-33-34-35-36-37-38-39-40-41-43-45-47-54(57)63-52(50-60-53(56)46-44-42-11-9-7-2)51-62-64(58,59)61-49-48-55(3,4)5/h8,10,13-14,16-17,19-20,22-23,25-26,28-29,52H,6-7,9,11-12,15,18,21,24,27,30-51H2,1-5H3/b10-8-,14-13-,17-16-,20-19-,23-22-,26-25-,29-28-. The maximum atomic E-state index is 12.6. The number of carbonyl (C=O) groups is 2. The zero-order valence-electron chi connectivity index (χ0n) is 41.4. The fourth-order valence-electron chi connectivity index (χ4n) is 6.52. The lowest BCUT2D eigenvalue weighted by Gasteiger charge is -2.28. The molecule has 0 N–H and O–H groups in total. The molecule has 10 heteroatoms. The van der Waals surface area contributed by atoms with E-state index in [1.807, 2.05) is 21.1 Å². The van der Waals surface area contributed by atoms with Gasteiger partial charge in [-0.2, -0.15) is 0 Å². The first kappa shape index (κ1) is 61.2. The van der Waals surface area contributed by atoms with E-state index < -0.39 is 32.5 Å². The summed E-state index contributed by atoms with van der Waals surface area (Å²) >= 11 is 0. The van der Waals surface area contributed by atoms with Gasteiger partial charge in [-0.05, 0) is 70.6 Å². The van der Waals surface area contributed by atoms with E-state index in [0.717, 1.165) is 96.3 Å². The minimum Gasteiger partial charge on any atom is -0.756 e. The Balaban J connectivity index is 3.93. The zero-order chi connectivity index (χ0) is 47.1. The average molecular weight is 916 g/mol. The summed E-state index contributed by atoms with van der Waals surface area (Å²) in [5, 5.41) is 0. The summed E-state index contributed by atoms with van der Waals surface area (Å²) in [5.41, 5.74) is 0. The van der Waals surface area contributed by atoms with Crippen molar-refractivity contribution in [3.05, 3.63) is 85.1 Å². The number of hydrogen-bond acceptors (Lipinski definition) is 8. The number of hydrogen-bond donors (Lipinski definition) is 0. The van der Waals surface area contributed by atoms with Crippen LogP contribution in [-0.2, 0) is 32.7 Å². The molecule has 0 bridgehead atoms. The third kappa shape index (κ3) is 48.6. The van der Waals surface area contributed by atoms with Crippen LogP contribution in [0.2, 0.25) is 0 Å². The van der Waals surface area contributed by atoms with E-state index in [0.29, 0.717) is 17.4 Å². The Hall–Kier alpha value is -2.81. The Morgan fingerprint density at radius 1 is 0.500 bits per heavy atom. The van der Waals surface area contributed by atoms with Gasteiger partial charge in [0.2, 0.25) is 0 Å². The van der Waals surface area contributed by atoms with Gasteiger partial charge in [-0.25, -0.2) is 0 Å². The van der Waals surface area contributed by atoms with Crippen LogP contribution in [-0.4, -0.2) is 70.0 Å². The van der Waals surface area contributed by atoms with Gasteiger partial charge in [0.1, 0.15) is 19.8 Å². The molecule has 0 saturated carbocycles. The van der Waals surface area contributed by atoms with E-state index in [9.17, 15) is 19.0 Å². The summed E-state index contributed by atoms with van der Waals surface area (Å²) in [7, 11) is 1.16. The van der Waals surface area contributed by atoms with Crippen LogP contribution in [0.5, 0.6) is 0 Å². The first-order valence-corrected chi connectivity index (χ1v) is 26.8. The highest BCUT2D eigenvalue weighted by Crippen LogP contribution is 2.38. The van der Waals surface area contributed by atoms with Gasteiger partial charge in [0.15, 0.2) is 6.10 Å². The molecule has 0 spiro atoms. The lowest BCUT2D eigenvalue weighted by Crippen LogP contribution is -2.37. The van der Waals surface area contributed by atoms with E-state index >= 15 is 0 Å². The molecule has 2 atom stereocenters. The summed E-state index contributed by atoms with van der Waals surface area (Å²) in [6, 6.07) is 0. The second kappa shape index (κ2) is 45.4. The lowest BCUT2D eigenvalue weighted by atomic mass is 10.0. The van der Waals surface area contributed by atoms with Crippen LogP contribution in [0.1, 0.15) is 194 Å². The molecule has 0 rings (SSSR count). The number of nitrogens with zero attached hydrogens (tertiary/aromatic N) is 1. The third-order valence-corrected chi connectivity index (χ3v) is 11.4. The number of unbranched alkanes of at least 4 members (excludes halogenated alkanes) is 17. The van der Waals surface area contributed by atoms with E-state index in [-0.39, 0.29) is 26.1 Å². The van der Waals surface area contributed by atoms with Crippen molar-refractivity contribution in [2.75, 3.05) is 47.5 Å². The van der Waals surface area contributed by atoms with Crippen molar-refractivity contribution in [1.29, 1.82) is 0 Å². The summed E-state index contributed by atoms with van der Waals surface area (Å²) in [6.45, 7) is 4.00. The molecule has 0 fully saturated rings. The molecule has 0 aliphatic carbocycles. The molecule has 0 aliphatic heterocycles. The largest absolute Gasteiger partial charge is 0.756 e. The molecule has 9 nitrogen and oxygen atoms in total. The summed E-state index contributed by atoms with van der Waals surface area (Å²) in [4.78, 5) is 37.2. The van der Waals surface area contributed by atoms with Gasteiger partial charge >= 0.3 is 11.9 Å². The fourth-order valence-corrected chi connectivity index (χ4v) is 7.25. The zero-order valence-corrected chi connectivity index (χ0v) is 42.3. The Kier molecular flexibility index (Phi) is 43.4. The van der Waals surface area contributed by atoms with Crippen LogP contribution < -0.4 is 4.89 Å². The van der Waals surface area contributed by atoms with Crippen LogP contribution >= 0.6 is 7.82 Å². The van der Waals surface area contributed by atoms with Crippen molar-refractivity contribution in [3.63, 3.8) is 0 Å². The number of carbonyl (C=O) groups excluding carboxylic acids is 2. The molecule has 0 aliphatic rings. The van der Waals surface area contributed by atoms with E-state index in [2.05, 4.69) is 98.9 Å². The molecule has 0 aromatic heterocycles. The van der Waals surface area contributed by atoms with Crippen LogP contribution in [0.15, 0.2) is 85.1 Å². The molecule has 0 aromatic rings. The van der Waals surface area contributed by atoms with Crippen molar-refractivity contribution in [2.24, 2.45) is 0 Å². The number of quaternary nitrogens is 1. The van der Waals surface area contributed by atoms with E-state index in [1.165, 1.54) is 64.2 Å². The highest BCUT2D eigenvalue weighted by molar-refractivity contribution is 7.45. The van der Waals surface area contributed by atoms with Gasteiger partial charge in [-0.3, -0.25) is 14.2 Å². The number of likely N-dealkylation sites (N-methyl/N-ethyl adjacent to an activating group) is 1. The van der Waals surface area contributed by atoms with Gasteiger partial charge in [-0.1, -0.05) is 195 Å². The topological polar surface area (TPSA) is 111 Å². The van der Waals surface area contributed by atoms with Crippen molar-refractivity contribution >= 4 is 19.8 Å². The van der Waals surface area contributed by atoms with Gasteiger partial charge < -0.3 is 27.9 Å². The monoisotopic (exact) mass is 916 g/mol. The van der Waals surface area contributed by atoms with E-state index in [1.54, 1.807) is 0 Å². The molecular formula is C54H94NO8P. The highest BCUT2D eigenvalue weighted by Gasteiger charge is 2.21. The summed E-state index contributed by atoms with van der Waals surface area (Å²) in [6.07, 6.45) is 59.7. The predicted octanol–water partition coefficient (Wildman–Crippen LogP) is 14.5. The minimum absolute atomic E-state index is 0.0332. The summed E-state index contributed by atoms with van der Waals surface area (Å²) < 4.78 is 33.7. The van der Waals surface area contributed by atoms with Crippen molar-refractivity contribution in [2.45, 2.75) is 200 Å². The van der Waals surface area contributed by atoms with E-state index in [4.69, 9.17) is 18.5 Å². The highest BCUT2D eigenvalue weighted by atomic mass is 31.2. The minimum atomic E-state index is -4.62. The molecule has 0 amide bonds. The Labute approximate surface area is 392 Å². The molecule has 0 heterocycles. The number of phosphoric ester groups is 1. The molecule has 0 aromatic carbocycles. The molecule has 2 unspecified atom stereocenters. The van der Waals surface area contributed by atoms with Gasteiger partial charge in [0.25, 0.3) is 7.82 Å². The number of esters is 2. The summed E-state index contributed by atoms with van der Waals surface area (Å²) in [5.74, 6) is -0.852. The van der Waals surface area contributed by atoms with Gasteiger partial charge in [0.05, 0.1) is 27.7 Å². The van der Waals surface area contributed by atoms with Crippen LogP contribution in [0.25, 0.3) is 0 Å². The van der Waals surface area contributed by atoms with Crippen molar-refractivity contribution < 1.29 is 42.1 Å². The van der Waals surface area contributed by atoms with Crippen LogP contribution in [0.4, 0.5) is 0 Å². The first-order valence-electron chi connectivity index (χ1n) is 25.3. The van der Waals surface area contributed by atoms with Gasteiger partial charge in [-0.15, -0.1) is 0 Å². The first-order chi connectivity index (χ1) is 31.0. The molecule has 0 radical (unpaired) electrons. The Morgan fingerprint density at radius 2 is 0.891 bits per heavy atom. The SMILES string of the molecule is CC/C=C\C/C=C\C/C=C\C/C=C\C/C=C\C/C=C\C/C=C\CCCCCCCCCCCCCCCC(=O)OC(COC(=O)CCCCCCC)COP(=O)([O-])OCC[N+](C)(C)C. The maximum Gasteiger partial charge on any atom is 0.306 e. The second-order valence-corrected chi connectivity index (χ2v) is 19.2. The number of phosphoric acid groups is 1. The molecule has 64 heavy (non-hydrogen) atoms. The third-order valence-electron chi connectivity index (χ3n) is 10.4. The second-order valence-electron chi connectivity index (χ2n) is 17.8. The quantitative estimate of drug-likeness (QED) is 0.0195. The van der Waals surface area contributed by atoms with Crippen LogP contribution in [0.3, 0.4) is 0 Å². The van der Waals surface area contributed by atoms with Crippen LogP contribution in [0, 0.1) is 0 Å². The normalized spacial score (nSPS) is 14.2. The Bertz CT molecular complexity index is 1360. The smallest absolute Gasteiger partial charge is 0.306 e. The lowest BCUT2D eigenvalue weighted by molar-refractivity contribution is -0.870.